The number of amides is 1. The number of nitrogens with one attached hydrogen (secondary N) is 1. The Balaban J connectivity index is 1.24. The third-order valence-corrected chi connectivity index (χ3v) is 6.01. The summed E-state index contributed by atoms with van der Waals surface area (Å²) in [5.74, 6) is 1.73. The SMILES string of the molecule is NC1CC(c2cc(N3CCC(C(=O)NCCc4ccccc4)CC3)ncn2)C1. The second-order valence-corrected chi connectivity index (χ2v) is 8.02. The van der Waals surface area contributed by atoms with Crippen molar-refractivity contribution in [2.75, 3.05) is 24.5 Å². The van der Waals surface area contributed by atoms with Gasteiger partial charge in [0, 0.05) is 49.3 Å². The van der Waals surface area contributed by atoms with Gasteiger partial charge >= 0.3 is 0 Å². The van der Waals surface area contributed by atoms with Crippen molar-refractivity contribution in [3.05, 3.63) is 54.0 Å². The molecule has 2 fully saturated rings. The van der Waals surface area contributed by atoms with Gasteiger partial charge < -0.3 is 16.0 Å². The molecule has 0 unspecified atom stereocenters. The van der Waals surface area contributed by atoms with Gasteiger partial charge in [0.2, 0.25) is 5.91 Å². The lowest BCUT2D eigenvalue weighted by Gasteiger charge is -2.34. The minimum atomic E-state index is 0.0953. The van der Waals surface area contributed by atoms with Crippen LogP contribution in [0.1, 0.15) is 42.9 Å². The van der Waals surface area contributed by atoms with Crippen molar-refractivity contribution in [3.63, 3.8) is 0 Å². The number of rotatable bonds is 6. The summed E-state index contributed by atoms with van der Waals surface area (Å²) in [5, 5.41) is 3.10. The standard InChI is InChI=1S/C22H29N5O/c23-19-12-18(13-19)20-14-21(26-15-25-20)27-10-7-17(8-11-27)22(28)24-9-6-16-4-2-1-3-5-16/h1-5,14-15,17-19H,6-13,23H2,(H,24,28). The van der Waals surface area contributed by atoms with Crippen LogP contribution in [0.3, 0.4) is 0 Å². The first kappa shape index (κ1) is 18.9. The van der Waals surface area contributed by atoms with Gasteiger partial charge in [-0.2, -0.15) is 0 Å². The minimum Gasteiger partial charge on any atom is -0.356 e. The van der Waals surface area contributed by atoms with Gasteiger partial charge in [-0.1, -0.05) is 30.3 Å². The first-order chi connectivity index (χ1) is 13.7. The molecule has 0 radical (unpaired) electrons. The van der Waals surface area contributed by atoms with Gasteiger partial charge in [0.15, 0.2) is 0 Å². The average Bonchev–Trinajstić information content (AvgIpc) is 2.72. The van der Waals surface area contributed by atoms with Crippen molar-refractivity contribution in [1.29, 1.82) is 0 Å². The predicted octanol–water partition coefficient (Wildman–Crippen LogP) is 2.26. The molecule has 3 N–H and O–H groups in total. The van der Waals surface area contributed by atoms with E-state index in [0.717, 1.165) is 56.7 Å². The number of hydrogen-bond acceptors (Lipinski definition) is 5. The molecule has 1 saturated carbocycles. The van der Waals surface area contributed by atoms with Crippen LogP contribution in [0.5, 0.6) is 0 Å². The number of anilines is 1. The first-order valence-corrected chi connectivity index (χ1v) is 10.3. The number of aromatic nitrogens is 2. The maximum atomic E-state index is 12.5. The molecule has 0 spiro atoms. The van der Waals surface area contributed by atoms with Crippen LogP contribution in [-0.4, -0.2) is 41.6 Å². The van der Waals surface area contributed by atoms with Crippen LogP contribution in [-0.2, 0) is 11.2 Å². The molecule has 2 aromatic rings. The van der Waals surface area contributed by atoms with Crippen molar-refractivity contribution < 1.29 is 4.79 Å². The van der Waals surface area contributed by atoms with E-state index in [4.69, 9.17) is 5.73 Å². The van der Waals surface area contributed by atoms with Crippen molar-refractivity contribution in [2.24, 2.45) is 11.7 Å². The summed E-state index contributed by atoms with van der Waals surface area (Å²) in [6.45, 7) is 2.41. The first-order valence-electron chi connectivity index (χ1n) is 10.3. The lowest BCUT2D eigenvalue weighted by atomic mass is 9.78. The van der Waals surface area contributed by atoms with Crippen molar-refractivity contribution in [2.45, 2.75) is 44.1 Å². The Labute approximate surface area is 166 Å². The van der Waals surface area contributed by atoms with Gasteiger partial charge in [-0.05, 0) is 37.7 Å². The van der Waals surface area contributed by atoms with E-state index in [2.05, 4.69) is 38.4 Å². The summed E-state index contributed by atoms with van der Waals surface area (Å²) in [7, 11) is 0. The Kier molecular flexibility index (Phi) is 5.86. The molecule has 2 heterocycles. The topological polar surface area (TPSA) is 84.1 Å². The van der Waals surface area contributed by atoms with Gasteiger partial charge in [0.1, 0.15) is 12.1 Å². The van der Waals surface area contributed by atoms with Crippen molar-refractivity contribution in [1.82, 2.24) is 15.3 Å². The molecule has 0 bridgehead atoms. The predicted molar refractivity (Wildman–Crippen MR) is 110 cm³/mol. The molecule has 1 amide bonds. The highest BCUT2D eigenvalue weighted by Gasteiger charge is 2.30. The highest BCUT2D eigenvalue weighted by Crippen LogP contribution is 2.35. The summed E-state index contributed by atoms with van der Waals surface area (Å²) in [4.78, 5) is 23.7. The summed E-state index contributed by atoms with van der Waals surface area (Å²) in [6, 6.07) is 12.7. The summed E-state index contributed by atoms with van der Waals surface area (Å²) in [6.07, 6.45) is 6.30. The van der Waals surface area contributed by atoms with E-state index in [1.165, 1.54) is 5.56 Å². The number of carbonyl (C=O) groups is 1. The van der Waals surface area contributed by atoms with E-state index < -0.39 is 0 Å². The van der Waals surface area contributed by atoms with Crippen LogP contribution in [0.25, 0.3) is 0 Å². The van der Waals surface area contributed by atoms with Crippen LogP contribution < -0.4 is 16.0 Å². The fourth-order valence-electron chi connectivity index (χ4n) is 4.15. The Hall–Kier alpha value is -2.47. The van der Waals surface area contributed by atoms with Crippen LogP contribution in [0.2, 0.25) is 0 Å². The molecule has 1 aromatic heterocycles. The molecule has 6 nitrogen and oxygen atoms in total. The Morgan fingerprint density at radius 3 is 2.61 bits per heavy atom. The highest BCUT2D eigenvalue weighted by atomic mass is 16.1. The lowest BCUT2D eigenvalue weighted by Crippen LogP contribution is -2.41. The molecular weight excluding hydrogens is 350 g/mol. The molecule has 0 atom stereocenters. The van der Waals surface area contributed by atoms with Crippen molar-refractivity contribution in [3.8, 4) is 0 Å². The number of carbonyl (C=O) groups excluding carboxylic acids is 1. The van der Waals surface area contributed by atoms with E-state index >= 15 is 0 Å². The third-order valence-electron chi connectivity index (χ3n) is 6.01. The zero-order valence-electron chi connectivity index (χ0n) is 16.3. The molecule has 1 saturated heterocycles. The van der Waals surface area contributed by atoms with E-state index in [-0.39, 0.29) is 11.8 Å². The smallest absolute Gasteiger partial charge is 0.223 e. The molecule has 148 valence electrons. The number of piperidine rings is 1. The molecule has 4 rings (SSSR count). The number of benzene rings is 1. The maximum Gasteiger partial charge on any atom is 0.223 e. The molecule has 1 aliphatic carbocycles. The summed E-state index contributed by atoms with van der Waals surface area (Å²) < 4.78 is 0. The Bertz CT molecular complexity index is 783. The van der Waals surface area contributed by atoms with Gasteiger partial charge in [0.25, 0.3) is 0 Å². The highest BCUT2D eigenvalue weighted by molar-refractivity contribution is 5.79. The average molecular weight is 380 g/mol. The van der Waals surface area contributed by atoms with Crippen LogP contribution in [0.4, 0.5) is 5.82 Å². The van der Waals surface area contributed by atoms with Gasteiger partial charge in [-0.15, -0.1) is 0 Å². The van der Waals surface area contributed by atoms with Crippen LogP contribution >= 0.6 is 0 Å². The largest absolute Gasteiger partial charge is 0.356 e. The zero-order chi connectivity index (χ0) is 19.3. The van der Waals surface area contributed by atoms with Crippen molar-refractivity contribution >= 4 is 11.7 Å². The van der Waals surface area contributed by atoms with E-state index in [1.807, 2.05) is 18.2 Å². The number of hydrogen-bond donors (Lipinski definition) is 2. The molecule has 2 aliphatic rings. The molecule has 28 heavy (non-hydrogen) atoms. The van der Waals surface area contributed by atoms with E-state index in [0.29, 0.717) is 18.5 Å². The maximum absolute atomic E-state index is 12.5. The van der Waals surface area contributed by atoms with Gasteiger partial charge in [0.05, 0.1) is 0 Å². The Morgan fingerprint density at radius 2 is 1.89 bits per heavy atom. The Morgan fingerprint density at radius 1 is 1.14 bits per heavy atom. The molecule has 1 aliphatic heterocycles. The summed E-state index contributed by atoms with van der Waals surface area (Å²) >= 11 is 0. The fraction of sp³-hybridized carbons (Fsp3) is 0.500. The third kappa shape index (κ3) is 4.50. The number of nitrogens with zero attached hydrogens (tertiary/aromatic N) is 3. The minimum absolute atomic E-state index is 0.0953. The quantitative estimate of drug-likeness (QED) is 0.804. The second kappa shape index (κ2) is 8.69. The normalized spacial score (nSPS) is 22.5. The zero-order valence-corrected chi connectivity index (χ0v) is 16.3. The lowest BCUT2D eigenvalue weighted by molar-refractivity contribution is -0.125. The molecule has 6 heteroatoms. The monoisotopic (exact) mass is 379 g/mol. The van der Waals surface area contributed by atoms with Gasteiger partial charge in [-0.25, -0.2) is 9.97 Å². The molecule has 1 aromatic carbocycles. The fourth-order valence-corrected chi connectivity index (χ4v) is 4.15. The second-order valence-electron chi connectivity index (χ2n) is 8.02. The number of nitrogens with two attached hydrogens (primary N) is 1. The summed E-state index contributed by atoms with van der Waals surface area (Å²) in [5.41, 5.74) is 8.27. The van der Waals surface area contributed by atoms with Gasteiger partial charge in [-0.3, -0.25) is 4.79 Å². The van der Waals surface area contributed by atoms with E-state index in [1.54, 1.807) is 6.33 Å². The molecular formula is C22H29N5O. The van der Waals surface area contributed by atoms with Crippen LogP contribution in [0.15, 0.2) is 42.7 Å². The van der Waals surface area contributed by atoms with Crippen LogP contribution in [0, 0.1) is 5.92 Å². The van der Waals surface area contributed by atoms with E-state index in [9.17, 15) is 4.79 Å².